The van der Waals surface area contributed by atoms with E-state index in [1.165, 1.54) is 17.7 Å². The number of hydrogen-bond acceptors (Lipinski definition) is 4. The van der Waals surface area contributed by atoms with Gasteiger partial charge in [-0.2, -0.15) is 0 Å². The fourth-order valence-corrected chi connectivity index (χ4v) is 3.82. The number of amides is 1. The number of ether oxygens (including phenoxy) is 1. The minimum Gasteiger partial charge on any atom is -0.444 e. The summed E-state index contributed by atoms with van der Waals surface area (Å²) in [5.41, 5.74) is -0.456. The van der Waals surface area contributed by atoms with Gasteiger partial charge >= 0.3 is 6.09 Å². The lowest BCUT2D eigenvalue weighted by atomic mass is 10.0. The zero-order chi connectivity index (χ0) is 16.9. The normalized spacial score (nSPS) is 23.8. The van der Waals surface area contributed by atoms with Gasteiger partial charge in [-0.3, -0.25) is 0 Å². The molecular weight excluding hydrogens is 308 g/mol. The molecular formula is C18H30N2O2S. The maximum Gasteiger partial charge on any atom is 0.407 e. The number of hydrogen-bond donors (Lipinski definition) is 2. The van der Waals surface area contributed by atoms with Gasteiger partial charge < -0.3 is 15.4 Å². The molecule has 1 aromatic rings. The molecule has 1 amide bonds. The highest BCUT2D eigenvalue weighted by molar-refractivity contribution is 7.10. The van der Waals surface area contributed by atoms with Crippen molar-refractivity contribution in [2.45, 2.75) is 83.5 Å². The van der Waals surface area contributed by atoms with Crippen LogP contribution >= 0.6 is 11.3 Å². The Kier molecular flexibility index (Phi) is 6.48. The Balaban J connectivity index is 1.97. The molecule has 0 bridgehead atoms. The van der Waals surface area contributed by atoms with Crippen LogP contribution in [0.5, 0.6) is 0 Å². The van der Waals surface area contributed by atoms with Gasteiger partial charge in [0, 0.05) is 23.0 Å². The predicted octanol–water partition coefficient (Wildman–Crippen LogP) is 4.62. The van der Waals surface area contributed by atoms with Crippen molar-refractivity contribution in [1.82, 2.24) is 10.6 Å². The first-order chi connectivity index (χ1) is 10.8. The van der Waals surface area contributed by atoms with Crippen molar-refractivity contribution in [3.63, 3.8) is 0 Å². The SMILES string of the molecule is CC(NC1CCCCCC1NC(=O)OC(C)(C)C)c1cccs1. The average molecular weight is 339 g/mol. The minimum atomic E-state index is -0.456. The lowest BCUT2D eigenvalue weighted by Gasteiger charge is -2.30. The van der Waals surface area contributed by atoms with Gasteiger partial charge in [-0.15, -0.1) is 11.3 Å². The maximum absolute atomic E-state index is 12.1. The van der Waals surface area contributed by atoms with E-state index in [1.807, 2.05) is 20.8 Å². The van der Waals surface area contributed by atoms with Gasteiger partial charge in [0.1, 0.15) is 5.60 Å². The largest absolute Gasteiger partial charge is 0.444 e. The Morgan fingerprint density at radius 2 is 1.96 bits per heavy atom. The second-order valence-electron chi connectivity index (χ2n) is 7.40. The molecule has 0 aliphatic heterocycles. The first kappa shape index (κ1) is 18.3. The van der Waals surface area contributed by atoms with E-state index in [0.29, 0.717) is 12.1 Å². The lowest BCUT2D eigenvalue weighted by molar-refractivity contribution is 0.0488. The molecule has 5 heteroatoms. The van der Waals surface area contributed by atoms with Crippen LogP contribution in [0, 0.1) is 0 Å². The fourth-order valence-electron chi connectivity index (χ4n) is 3.08. The van der Waals surface area contributed by atoms with Crippen LogP contribution in [0.3, 0.4) is 0 Å². The molecule has 0 spiro atoms. The standard InChI is InChI=1S/C18H30N2O2S/c1-13(16-11-8-12-23-16)19-14-9-6-5-7-10-15(14)20-17(21)22-18(2,3)4/h8,11-15,19H,5-7,9-10H2,1-4H3,(H,20,21). The first-order valence-electron chi connectivity index (χ1n) is 8.64. The first-order valence-corrected chi connectivity index (χ1v) is 9.52. The van der Waals surface area contributed by atoms with Crippen LogP contribution in [-0.4, -0.2) is 23.8 Å². The molecule has 1 saturated carbocycles. The average Bonchev–Trinajstić information content (AvgIpc) is 2.89. The lowest BCUT2D eigenvalue weighted by Crippen LogP contribution is -2.51. The predicted molar refractivity (Wildman–Crippen MR) is 95.9 cm³/mol. The van der Waals surface area contributed by atoms with Crippen molar-refractivity contribution in [3.8, 4) is 0 Å². The maximum atomic E-state index is 12.1. The van der Waals surface area contributed by atoms with E-state index >= 15 is 0 Å². The summed E-state index contributed by atoms with van der Waals surface area (Å²) < 4.78 is 5.43. The van der Waals surface area contributed by atoms with Crippen molar-refractivity contribution in [2.24, 2.45) is 0 Å². The summed E-state index contributed by atoms with van der Waals surface area (Å²) in [6.07, 6.45) is 5.40. The molecule has 0 radical (unpaired) electrons. The Hall–Kier alpha value is -1.07. The Morgan fingerprint density at radius 1 is 1.26 bits per heavy atom. The molecule has 1 aliphatic rings. The third-order valence-electron chi connectivity index (χ3n) is 4.15. The molecule has 3 atom stereocenters. The van der Waals surface area contributed by atoms with Crippen molar-refractivity contribution < 1.29 is 9.53 Å². The Morgan fingerprint density at radius 3 is 2.57 bits per heavy atom. The van der Waals surface area contributed by atoms with Crippen LogP contribution in [0.15, 0.2) is 17.5 Å². The van der Waals surface area contributed by atoms with Crippen LogP contribution in [0.2, 0.25) is 0 Å². The number of nitrogens with one attached hydrogen (secondary N) is 2. The van der Waals surface area contributed by atoms with Crippen LogP contribution < -0.4 is 10.6 Å². The summed E-state index contributed by atoms with van der Waals surface area (Å²) in [4.78, 5) is 13.5. The zero-order valence-electron chi connectivity index (χ0n) is 14.7. The van der Waals surface area contributed by atoms with E-state index in [-0.39, 0.29) is 12.1 Å². The van der Waals surface area contributed by atoms with Gasteiger partial charge in [-0.1, -0.05) is 25.3 Å². The third-order valence-corrected chi connectivity index (χ3v) is 5.21. The van der Waals surface area contributed by atoms with Crippen molar-refractivity contribution in [2.75, 3.05) is 0 Å². The molecule has 1 heterocycles. The van der Waals surface area contributed by atoms with Crippen LogP contribution in [0.4, 0.5) is 4.79 Å². The molecule has 4 nitrogen and oxygen atoms in total. The highest BCUT2D eigenvalue weighted by Crippen LogP contribution is 2.24. The molecule has 2 rings (SSSR count). The fraction of sp³-hybridized carbons (Fsp3) is 0.722. The van der Waals surface area contributed by atoms with Crippen LogP contribution in [0.1, 0.15) is 70.7 Å². The second kappa shape index (κ2) is 8.15. The van der Waals surface area contributed by atoms with Crippen molar-refractivity contribution in [3.05, 3.63) is 22.4 Å². The van der Waals surface area contributed by atoms with E-state index in [9.17, 15) is 4.79 Å². The third kappa shape index (κ3) is 6.15. The van der Waals surface area contributed by atoms with Crippen LogP contribution in [0.25, 0.3) is 0 Å². The van der Waals surface area contributed by atoms with Gasteiger partial charge in [0.05, 0.1) is 0 Å². The van der Waals surface area contributed by atoms with E-state index in [2.05, 4.69) is 35.1 Å². The highest BCUT2D eigenvalue weighted by Gasteiger charge is 2.28. The molecule has 1 aromatic heterocycles. The minimum absolute atomic E-state index is 0.134. The Bertz CT molecular complexity index is 482. The summed E-state index contributed by atoms with van der Waals surface area (Å²) in [6.45, 7) is 7.89. The van der Waals surface area contributed by atoms with E-state index in [0.717, 1.165) is 19.3 Å². The summed E-state index contributed by atoms with van der Waals surface area (Å²) >= 11 is 1.77. The smallest absolute Gasteiger partial charge is 0.407 e. The summed E-state index contributed by atoms with van der Waals surface area (Å²) in [5.74, 6) is 0. The molecule has 2 N–H and O–H groups in total. The number of thiophene rings is 1. The summed E-state index contributed by atoms with van der Waals surface area (Å²) in [6, 6.07) is 4.98. The molecule has 3 unspecified atom stereocenters. The molecule has 0 saturated heterocycles. The van der Waals surface area contributed by atoms with Gasteiger partial charge in [0.2, 0.25) is 0 Å². The number of rotatable bonds is 4. The van der Waals surface area contributed by atoms with Gasteiger partial charge in [0.15, 0.2) is 0 Å². The van der Waals surface area contributed by atoms with Crippen LogP contribution in [-0.2, 0) is 4.74 Å². The van der Waals surface area contributed by atoms with Gasteiger partial charge in [-0.25, -0.2) is 4.79 Å². The molecule has 0 aromatic carbocycles. The quantitative estimate of drug-likeness (QED) is 0.787. The molecule has 130 valence electrons. The highest BCUT2D eigenvalue weighted by atomic mass is 32.1. The van der Waals surface area contributed by atoms with Crippen molar-refractivity contribution >= 4 is 17.4 Å². The topological polar surface area (TPSA) is 50.4 Å². The Labute approximate surface area is 144 Å². The molecule has 1 aliphatic carbocycles. The number of alkyl carbamates (subject to hydrolysis) is 1. The summed E-state index contributed by atoms with van der Waals surface area (Å²) in [5, 5.41) is 8.92. The van der Waals surface area contributed by atoms with Gasteiger partial charge in [-0.05, 0) is 52.0 Å². The summed E-state index contributed by atoms with van der Waals surface area (Å²) in [7, 11) is 0. The van der Waals surface area contributed by atoms with E-state index < -0.39 is 5.60 Å². The monoisotopic (exact) mass is 338 g/mol. The van der Waals surface area contributed by atoms with Crippen molar-refractivity contribution in [1.29, 1.82) is 0 Å². The zero-order valence-corrected chi connectivity index (χ0v) is 15.5. The van der Waals surface area contributed by atoms with E-state index in [1.54, 1.807) is 11.3 Å². The molecule has 1 fully saturated rings. The second-order valence-corrected chi connectivity index (χ2v) is 8.38. The molecule has 23 heavy (non-hydrogen) atoms. The number of carbonyl (C=O) groups excluding carboxylic acids is 1. The number of carbonyl (C=O) groups is 1. The van der Waals surface area contributed by atoms with E-state index in [4.69, 9.17) is 4.74 Å². The van der Waals surface area contributed by atoms with Gasteiger partial charge in [0.25, 0.3) is 0 Å².